The molecule has 8 heteroatoms. The molecule has 0 aromatic heterocycles. The lowest BCUT2D eigenvalue weighted by atomic mass is 10.1. The summed E-state index contributed by atoms with van der Waals surface area (Å²) in [6.45, 7) is 2.13. The number of carbonyl (C=O) groups excluding carboxylic acids is 1. The van der Waals surface area contributed by atoms with E-state index < -0.39 is 18.2 Å². The third-order valence-corrected chi connectivity index (χ3v) is 4.71. The Bertz CT molecular complexity index is 649. The second kappa shape index (κ2) is 6.94. The summed E-state index contributed by atoms with van der Waals surface area (Å²) in [5, 5.41) is 9.28. The number of piperazine rings is 1. The van der Waals surface area contributed by atoms with E-state index in [9.17, 15) is 14.0 Å². The third kappa shape index (κ3) is 3.47. The Morgan fingerprint density at radius 2 is 1.83 bits per heavy atom. The Kier molecular flexibility index (Phi) is 4.91. The molecule has 24 heavy (non-hydrogen) atoms. The minimum Gasteiger partial charge on any atom is -0.479 e. The van der Waals surface area contributed by atoms with Gasteiger partial charge in [-0.3, -0.25) is 4.79 Å². The van der Waals surface area contributed by atoms with E-state index in [0.717, 1.165) is 5.69 Å². The Morgan fingerprint density at radius 3 is 2.42 bits per heavy atom. The van der Waals surface area contributed by atoms with Gasteiger partial charge in [0.05, 0.1) is 10.7 Å². The SMILES string of the molecule is O=C(O)[C@H]1CC[C@@H](C(=O)N2CCN(c3ccc(F)cc3Cl)CC2)O1. The van der Waals surface area contributed by atoms with E-state index in [1.807, 2.05) is 4.90 Å². The molecule has 2 heterocycles. The van der Waals surface area contributed by atoms with Crippen LogP contribution in [0.4, 0.5) is 10.1 Å². The number of rotatable bonds is 3. The van der Waals surface area contributed by atoms with Gasteiger partial charge in [-0.05, 0) is 31.0 Å². The molecule has 1 N–H and O–H groups in total. The van der Waals surface area contributed by atoms with Crippen molar-refractivity contribution < 1.29 is 23.8 Å². The van der Waals surface area contributed by atoms with Gasteiger partial charge in [-0.1, -0.05) is 11.6 Å². The van der Waals surface area contributed by atoms with Crippen molar-refractivity contribution >= 4 is 29.2 Å². The second-order valence-corrected chi connectivity index (χ2v) is 6.34. The molecule has 0 unspecified atom stereocenters. The lowest BCUT2D eigenvalue weighted by Crippen LogP contribution is -2.51. The zero-order valence-electron chi connectivity index (χ0n) is 13.0. The number of hydrogen-bond acceptors (Lipinski definition) is 4. The largest absolute Gasteiger partial charge is 0.479 e. The molecule has 1 aromatic carbocycles. The summed E-state index contributed by atoms with van der Waals surface area (Å²) in [6, 6.07) is 4.26. The molecule has 2 aliphatic rings. The molecule has 1 aromatic rings. The number of anilines is 1. The first kappa shape index (κ1) is 17.0. The first-order valence-electron chi connectivity index (χ1n) is 7.83. The van der Waals surface area contributed by atoms with Crippen LogP contribution in [0.15, 0.2) is 18.2 Å². The van der Waals surface area contributed by atoms with Crippen LogP contribution in [0.3, 0.4) is 0 Å². The topological polar surface area (TPSA) is 70.1 Å². The van der Waals surface area contributed by atoms with Crippen LogP contribution in [-0.2, 0) is 14.3 Å². The zero-order valence-corrected chi connectivity index (χ0v) is 13.7. The monoisotopic (exact) mass is 356 g/mol. The fourth-order valence-electron chi connectivity index (χ4n) is 3.11. The minimum atomic E-state index is -1.03. The minimum absolute atomic E-state index is 0.163. The number of carboxylic acid groups (broad SMARTS) is 1. The Balaban J connectivity index is 1.57. The number of aliphatic carboxylic acids is 1. The van der Waals surface area contributed by atoms with Gasteiger partial charge in [0.15, 0.2) is 6.10 Å². The summed E-state index contributed by atoms with van der Waals surface area (Å²) >= 11 is 6.07. The Morgan fingerprint density at radius 1 is 1.17 bits per heavy atom. The molecule has 2 fully saturated rings. The predicted molar refractivity (Wildman–Crippen MR) is 85.7 cm³/mol. The van der Waals surface area contributed by atoms with Crippen LogP contribution >= 0.6 is 11.6 Å². The average Bonchev–Trinajstić information content (AvgIpc) is 3.05. The summed E-state index contributed by atoms with van der Waals surface area (Å²) in [6.07, 6.45) is -0.776. The summed E-state index contributed by atoms with van der Waals surface area (Å²) in [7, 11) is 0. The molecular formula is C16H18ClFN2O4. The summed E-state index contributed by atoms with van der Waals surface area (Å²) in [5.41, 5.74) is 0.744. The fourth-order valence-corrected chi connectivity index (χ4v) is 3.40. The van der Waals surface area contributed by atoms with E-state index in [1.165, 1.54) is 12.1 Å². The molecule has 130 valence electrons. The number of amides is 1. The van der Waals surface area contributed by atoms with Crippen molar-refractivity contribution in [1.29, 1.82) is 0 Å². The van der Waals surface area contributed by atoms with E-state index in [4.69, 9.17) is 21.4 Å². The van der Waals surface area contributed by atoms with Gasteiger partial charge in [-0.25, -0.2) is 9.18 Å². The van der Waals surface area contributed by atoms with Crippen LogP contribution in [0.25, 0.3) is 0 Å². The van der Waals surface area contributed by atoms with Crippen molar-refractivity contribution in [1.82, 2.24) is 4.90 Å². The van der Waals surface area contributed by atoms with Crippen molar-refractivity contribution in [3.05, 3.63) is 29.0 Å². The standard InChI is InChI=1S/C16H18ClFN2O4/c17-11-9-10(18)1-2-12(11)19-5-7-20(8-6-19)15(21)13-3-4-14(24-13)16(22)23/h1-2,9,13-14H,3-8H2,(H,22,23)/t13-,14+/m0/s1. The van der Waals surface area contributed by atoms with Crippen LogP contribution in [0.5, 0.6) is 0 Å². The number of carbonyl (C=O) groups is 2. The third-order valence-electron chi connectivity index (χ3n) is 4.41. The average molecular weight is 357 g/mol. The number of halogens is 2. The van der Waals surface area contributed by atoms with Crippen molar-refractivity contribution in [3.8, 4) is 0 Å². The molecule has 0 radical (unpaired) electrons. The molecule has 6 nitrogen and oxygen atoms in total. The second-order valence-electron chi connectivity index (χ2n) is 5.94. The maximum atomic E-state index is 13.1. The predicted octanol–water partition coefficient (Wildman–Crippen LogP) is 1.76. The normalized spacial score (nSPS) is 24.2. The fraction of sp³-hybridized carbons (Fsp3) is 0.500. The van der Waals surface area contributed by atoms with E-state index in [1.54, 1.807) is 11.0 Å². The molecule has 0 aliphatic carbocycles. The number of carboxylic acids is 1. The number of ether oxygens (including phenoxy) is 1. The summed E-state index contributed by atoms with van der Waals surface area (Å²) < 4.78 is 18.4. The van der Waals surface area contributed by atoms with Gasteiger partial charge >= 0.3 is 5.97 Å². The maximum Gasteiger partial charge on any atom is 0.332 e. The van der Waals surface area contributed by atoms with Gasteiger partial charge in [-0.15, -0.1) is 0 Å². The number of benzene rings is 1. The molecule has 0 saturated carbocycles. The van der Waals surface area contributed by atoms with Crippen LogP contribution in [-0.4, -0.2) is 60.3 Å². The van der Waals surface area contributed by atoms with Crippen LogP contribution in [0, 0.1) is 5.82 Å². The molecule has 3 rings (SSSR count). The highest BCUT2D eigenvalue weighted by atomic mass is 35.5. The van der Waals surface area contributed by atoms with Gasteiger partial charge in [0.2, 0.25) is 0 Å². The van der Waals surface area contributed by atoms with Gasteiger partial charge in [-0.2, -0.15) is 0 Å². The molecule has 0 spiro atoms. The summed E-state index contributed by atoms with van der Waals surface area (Å²) in [5.74, 6) is -1.58. The highest BCUT2D eigenvalue weighted by Gasteiger charge is 2.37. The first-order chi connectivity index (χ1) is 11.5. The Hall–Kier alpha value is -1.86. The molecule has 2 atom stereocenters. The first-order valence-corrected chi connectivity index (χ1v) is 8.20. The van der Waals surface area contributed by atoms with Crippen LogP contribution in [0.1, 0.15) is 12.8 Å². The highest BCUT2D eigenvalue weighted by Crippen LogP contribution is 2.28. The molecular weight excluding hydrogens is 339 g/mol. The zero-order chi connectivity index (χ0) is 17.3. The highest BCUT2D eigenvalue weighted by molar-refractivity contribution is 6.33. The van der Waals surface area contributed by atoms with Gasteiger partial charge in [0.1, 0.15) is 11.9 Å². The smallest absolute Gasteiger partial charge is 0.332 e. The number of nitrogens with zero attached hydrogens (tertiary/aromatic N) is 2. The van der Waals surface area contributed by atoms with E-state index in [0.29, 0.717) is 44.0 Å². The van der Waals surface area contributed by atoms with Gasteiger partial charge in [0, 0.05) is 26.2 Å². The number of hydrogen-bond donors (Lipinski definition) is 1. The maximum absolute atomic E-state index is 13.1. The van der Waals surface area contributed by atoms with Crippen molar-refractivity contribution in [2.75, 3.05) is 31.1 Å². The lowest BCUT2D eigenvalue weighted by molar-refractivity contribution is -0.154. The van der Waals surface area contributed by atoms with Crippen molar-refractivity contribution in [2.45, 2.75) is 25.0 Å². The van der Waals surface area contributed by atoms with Crippen LogP contribution < -0.4 is 4.90 Å². The summed E-state index contributed by atoms with van der Waals surface area (Å²) in [4.78, 5) is 27.0. The Labute approximate surface area is 143 Å². The van der Waals surface area contributed by atoms with Crippen molar-refractivity contribution in [3.63, 3.8) is 0 Å². The van der Waals surface area contributed by atoms with E-state index in [-0.39, 0.29) is 11.7 Å². The van der Waals surface area contributed by atoms with Crippen molar-refractivity contribution in [2.24, 2.45) is 0 Å². The van der Waals surface area contributed by atoms with Crippen LogP contribution in [0.2, 0.25) is 5.02 Å². The quantitative estimate of drug-likeness (QED) is 0.893. The molecule has 2 aliphatic heterocycles. The van der Waals surface area contributed by atoms with E-state index in [2.05, 4.69) is 0 Å². The lowest BCUT2D eigenvalue weighted by Gasteiger charge is -2.37. The molecule has 1 amide bonds. The van der Waals surface area contributed by atoms with Gasteiger partial charge < -0.3 is 19.6 Å². The van der Waals surface area contributed by atoms with E-state index >= 15 is 0 Å². The molecule has 0 bridgehead atoms. The molecule has 2 saturated heterocycles. The van der Waals surface area contributed by atoms with Gasteiger partial charge in [0.25, 0.3) is 5.91 Å².